The van der Waals surface area contributed by atoms with Crippen molar-refractivity contribution < 1.29 is 17.2 Å². The first-order valence-electron chi connectivity index (χ1n) is 5.34. The van der Waals surface area contributed by atoms with E-state index in [-0.39, 0.29) is 29.7 Å². The van der Waals surface area contributed by atoms with E-state index in [1.165, 1.54) is 18.2 Å². The Morgan fingerprint density at radius 3 is 2.47 bits per heavy atom. The largest absolute Gasteiger partial charge is 0.309 e. The number of benzene rings is 1. The molecule has 0 bridgehead atoms. The number of rotatable bonds is 3. The van der Waals surface area contributed by atoms with Crippen LogP contribution in [0.3, 0.4) is 0 Å². The maximum atomic E-state index is 13.3. The minimum Gasteiger partial charge on any atom is -0.309 e. The standard InChI is InChI=1S/C11H13F2NO2S/c12-10-2-1-3-11(13)9(10)6-14-8-4-5-17(15,16)7-8/h1-3,8,14H,4-7H2. The highest BCUT2D eigenvalue weighted by Crippen LogP contribution is 2.15. The summed E-state index contributed by atoms with van der Waals surface area (Å²) in [6.07, 6.45) is 0.498. The highest BCUT2D eigenvalue weighted by Gasteiger charge is 2.27. The first kappa shape index (κ1) is 12.4. The van der Waals surface area contributed by atoms with Crippen LogP contribution >= 0.6 is 0 Å². The van der Waals surface area contributed by atoms with Crippen molar-refractivity contribution >= 4 is 9.84 Å². The summed E-state index contributed by atoms with van der Waals surface area (Å²) in [5.74, 6) is -1.04. The summed E-state index contributed by atoms with van der Waals surface area (Å²) in [4.78, 5) is 0. The molecule has 0 radical (unpaired) electrons. The van der Waals surface area contributed by atoms with Crippen molar-refractivity contribution in [2.24, 2.45) is 0 Å². The van der Waals surface area contributed by atoms with Crippen molar-refractivity contribution in [2.45, 2.75) is 19.0 Å². The van der Waals surface area contributed by atoms with Gasteiger partial charge < -0.3 is 5.32 Å². The smallest absolute Gasteiger partial charge is 0.151 e. The van der Waals surface area contributed by atoms with E-state index in [1.54, 1.807) is 0 Å². The molecule has 1 aromatic rings. The number of halogens is 2. The van der Waals surface area contributed by atoms with Crippen LogP contribution < -0.4 is 5.32 Å². The topological polar surface area (TPSA) is 46.2 Å². The first-order chi connectivity index (χ1) is 7.98. The van der Waals surface area contributed by atoms with Crippen LogP contribution in [0.25, 0.3) is 0 Å². The van der Waals surface area contributed by atoms with E-state index < -0.39 is 21.5 Å². The van der Waals surface area contributed by atoms with E-state index in [1.807, 2.05) is 0 Å². The summed E-state index contributed by atoms with van der Waals surface area (Å²) in [6.45, 7) is 0.0126. The molecule has 94 valence electrons. The molecule has 0 saturated carbocycles. The number of sulfone groups is 1. The fourth-order valence-corrected chi connectivity index (χ4v) is 3.61. The molecule has 1 unspecified atom stereocenters. The van der Waals surface area contributed by atoms with Crippen LogP contribution in [0.1, 0.15) is 12.0 Å². The fourth-order valence-electron chi connectivity index (χ4n) is 1.90. The Labute approximate surface area is 98.8 Å². The number of nitrogens with one attached hydrogen (secondary N) is 1. The van der Waals surface area contributed by atoms with Gasteiger partial charge in [-0.3, -0.25) is 0 Å². The van der Waals surface area contributed by atoms with Gasteiger partial charge in [-0.1, -0.05) is 6.07 Å². The average molecular weight is 261 g/mol. The molecule has 1 aliphatic rings. The second-order valence-corrected chi connectivity index (χ2v) is 6.41. The van der Waals surface area contributed by atoms with Crippen molar-refractivity contribution in [1.29, 1.82) is 0 Å². The molecule has 0 aromatic heterocycles. The average Bonchev–Trinajstić information content (AvgIpc) is 2.57. The Bertz CT molecular complexity index is 496. The molecule has 3 nitrogen and oxygen atoms in total. The minimum atomic E-state index is -2.97. The highest BCUT2D eigenvalue weighted by atomic mass is 32.2. The monoisotopic (exact) mass is 261 g/mol. The Hall–Kier alpha value is -1.01. The molecule has 1 aromatic carbocycles. The maximum absolute atomic E-state index is 13.3. The van der Waals surface area contributed by atoms with Gasteiger partial charge in [0, 0.05) is 18.2 Å². The lowest BCUT2D eigenvalue weighted by molar-refractivity contribution is 0.503. The van der Waals surface area contributed by atoms with Gasteiger partial charge in [-0.2, -0.15) is 0 Å². The van der Waals surface area contributed by atoms with Gasteiger partial charge in [0.2, 0.25) is 0 Å². The van der Waals surface area contributed by atoms with Gasteiger partial charge in [0.15, 0.2) is 9.84 Å². The minimum absolute atomic E-state index is 0.0126. The molecular weight excluding hydrogens is 248 g/mol. The van der Waals surface area contributed by atoms with Gasteiger partial charge in [0.25, 0.3) is 0 Å². The van der Waals surface area contributed by atoms with Gasteiger partial charge in [-0.15, -0.1) is 0 Å². The van der Waals surface area contributed by atoms with Crippen LogP contribution in [-0.4, -0.2) is 26.0 Å². The molecule has 0 spiro atoms. The van der Waals surface area contributed by atoms with Crippen LogP contribution in [0, 0.1) is 11.6 Å². The second kappa shape index (κ2) is 4.70. The molecule has 1 aliphatic heterocycles. The van der Waals surface area contributed by atoms with Crippen LogP contribution in [0.5, 0.6) is 0 Å². The summed E-state index contributed by atoms with van der Waals surface area (Å²) in [5.41, 5.74) is -0.0446. The van der Waals surface area contributed by atoms with E-state index in [0.29, 0.717) is 6.42 Å². The Morgan fingerprint density at radius 2 is 1.94 bits per heavy atom. The number of hydrogen-bond donors (Lipinski definition) is 1. The lowest BCUT2D eigenvalue weighted by atomic mass is 10.1. The van der Waals surface area contributed by atoms with Gasteiger partial charge in [0.1, 0.15) is 11.6 Å². The van der Waals surface area contributed by atoms with E-state index in [4.69, 9.17) is 0 Å². The molecule has 2 rings (SSSR count). The normalized spacial score (nSPS) is 22.8. The predicted octanol–water partition coefficient (Wildman–Crippen LogP) is 1.24. The third-order valence-corrected chi connectivity index (χ3v) is 4.63. The third kappa shape index (κ3) is 3.01. The molecule has 1 fully saturated rings. The lowest BCUT2D eigenvalue weighted by Gasteiger charge is -2.11. The zero-order valence-electron chi connectivity index (χ0n) is 9.12. The molecule has 0 aliphatic carbocycles. The van der Waals surface area contributed by atoms with Gasteiger partial charge in [-0.05, 0) is 18.6 Å². The number of hydrogen-bond acceptors (Lipinski definition) is 3. The molecule has 1 atom stereocenters. The SMILES string of the molecule is O=S1(=O)CCC(NCc2c(F)cccc2F)C1. The molecule has 1 heterocycles. The van der Waals surface area contributed by atoms with E-state index >= 15 is 0 Å². The highest BCUT2D eigenvalue weighted by molar-refractivity contribution is 7.91. The van der Waals surface area contributed by atoms with Crippen LogP contribution in [0.4, 0.5) is 8.78 Å². The summed E-state index contributed by atoms with van der Waals surface area (Å²) < 4.78 is 49.0. The van der Waals surface area contributed by atoms with Crippen molar-refractivity contribution in [3.63, 3.8) is 0 Å². The van der Waals surface area contributed by atoms with Crippen LogP contribution in [0.2, 0.25) is 0 Å². The quantitative estimate of drug-likeness (QED) is 0.890. The molecule has 1 saturated heterocycles. The zero-order chi connectivity index (χ0) is 12.5. The molecule has 17 heavy (non-hydrogen) atoms. The Kier molecular flexibility index (Phi) is 3.44. The van der Waals surface area contributed by atoms with Gasteiger partial charge >= 0.3 is 0 Å². The van der Waals surface area contributed by atoms with Crippen molar-refractivity contribution in [1.82, 2.24) is 5.32 Å². The maximum Gasteiger partial charge on any atom is 0.151 e. The summed E-state index contributed by atoms with van der Waals surface area (Å²) in [5, 5.41) is 2.88. The Morgan fingerprint density at radius 1 is 1.29 bits per heavy atom. The van der Waals surface area contributed by atoms with Crippen LogP contribution in [-0.2, 0) is 16.4 Å². The van der Waals surface area contributed by atoms with Crippen LogP contribution in [0.15, 0.2) is 18.2 Å². The third-order valence-electron chi connectivity index (χ3n) is 2.86. The predicted molar refractivity (Wildman–Crippen MR) is 60.3 cm³/mol. The van der Waals surface area contributed by atoms with E-state index in [0.717, 1.165) is 0 Å². The molecule has 6 heteroatoms. The lowest BCUT2D eigenvalue weighted by Crippen LogP contribution is -2.30. The van der Waals surface area contributed by atoms with Crippen molar-refractivity contribution in [3.05, 3.63) is 35.4 Å². The van der Waals surface area contributed by atoms with E-state index in [2.05, 4.69) is 5.32 Å². The zero-order valence-corrected chi connectivity index (χ0v) is 9.93. The summed E-state index contributed by atoms with van der Waals surface area (Å²) in [6, 6.07) is 3.46. The van der Waals surface area contributed by atoms with Gasteiger partial charge in [0.05, 0.1) is 11.5 Å². The first-order valence-corrected chi connectivity index (χ1v) is 7.17. The van der Waals surface area contributed by atoms with Crippen molar-refractivity contribution in [3.8, 4) is 0 Å². The summed E-state index contributed by atoms with van der Waals surface area (Å²) in [7, 11) is -2.97. The second-order valence-electron chi connectivity index (χ2n) is 4.18. The van der Waals surface area contributed by atoms with E-state index in [9.17, 15) is 17.2 Å². The molecular formula is C11H13F2NO2S. The summed E-state index contributed by atoms with van der Waals surface area (Å²) >= 11 is 0. The fraction of sp³-hybridized carbons (Fsp3) is 0.455. The Balaban J connectivity index is 1.99. The molecule has 0 amide bonds. The van der Waals surface area contributed by atoms with Crippen molar-refractivity contribution in [2.75, 3.05) is 11.5 Å². The molecule has 1 N–H and O–H groups in total. The van der Waals surface area contributed by atoms with Gasteiger partial charge in [-0.25, -0.2) is 17.2 Å².